The zero-order valence-corrected chi connectivity index (χ0v) is 21.2. The number of anilines is 4. The second-order valence-electron chi connectivity index (χ2n) is 8.92. The molecule has 0 radical (unpaired) electrons. The van der Waals surface area contributed by atoms with Gasteiger partial charge in [0.25, 0.3) is 0 Å². The van der Waals surface area contributed by atoms with Gasteiger partial charge in [-0.3, -0.25) is 0 Å². The molecule has 8 heteroatoms. The number of hydrogen-bond donors (Lipinski definition) is 4. The van der Waals surface area contributed by atoms with E-state index in [1.165, 1.54) is 0 Å². The number of hydrogen-bond acceptors (Lipinski definition) is 8. The number of nitrogens with two attached hydrogens (primary N) is 4. The van der Waals surface area contributed by atoms with Gasteiger partial charge in [0.05, 0.1) is 13.0 Å². The van der Waals surface area contributed by atoms with Crippen LogP contribution < -0.4 is 41.9 Å². The molecule has 0 aromatic heterocycles. The Kier molecular flexibility index (Phi) is 8.66. The highest BCUT2D eigenvalue weighted by Gasteiger charge is 2.38. The molecule has 8 nitrogen and oxygen atoms in total. The third-order valence-electron chi connectivity index (χ3n) is 5.74. The van der Waals surface area contributed by atoms with Gasteiger partial charge in [-0.15, -0.1) is 0 Å². The van der Waals surface area contributed by atoms with E-state index in [1.807, 2.05) is 24.3 Å². The lowest BCUT2D eigenvalue weighted by atomic mass is 10.1. The molecule has 0 aliphatic rings. The fourth-order valence-corrected chi connectivity index (χ4v) is 3.74. The maximum atomic E-state index is 6.41. The molecule has 0 saturated carbocycles. The molecule has 38 heavy (non-hydrogen) atoms. The van der Waals surface area contributed by atoms with Crippen molar-refractivity contribution in [3.63, 3.8) is 0 Å². The zero-order chi connectivity index (χ0) is 26.8. The molecule has 4 aromatic rings. The fourth-order valence-electron chi connectivity index (χ4n) is 3.74. The molecule has 4 rings (SSSR count). The molecule has 198 valence electrons. The van der Waals surface area contributed by atoms with Crippen molar-refractivity contribution in [3.8, 4) is 23.0 Å². The molecular formula is C30H34N4O4. The number of ether oxygens (including phenoxy) is 4. The second kappa shape index (κ2) is 12.5. The monoisotopic (exact) mass is 514 g/mol. The first-order valence-corrected chi connectivity index (χ1v) is 12.5. The average molecular weight is 515 g/mol. The second-order valence-corrected chi connectivity index (χ2v) is 8.92. The van der Waals surface area contributed by atoms with E-state index in [0.29, 0.717) is 53.0 Å². The summed E-state index contributed by atoms with van der Waals surface area (Å²) < 4.78 is 25.0. The van der Waals surface area contributed by atoms with E-state index in [-0.39, 0.29) is 0 Å². The van der Waals surface area contributed by atoms with Gasteiger partial charge in [0.1, 0.15) is 23.0 Å². The Labute approximate surface area is 223 Å². The third kappa shape index (κ3) is 7.89. The molecule has 0 saturated heterocycles. The normalized spacial score (nSPS) is 11.1. The summed E-state index contributed by atoms with van der Waals surface area (Å²) in [7, 11) is 0. The summed E-state index contributed by atoms with van der Waals surface area (Å²) in [5.74, 6) is 0.976. The summed E-state index contributed by atoms with van der Waals surface area (Å²) in [6, 6.07) is 28.6. The number of benzene rings is 4. The first-order chi connectivity index (χ1) is 18.4. The lowest BCUT2D eigenvalue weighted by Gasteiger charge is -2.34. The molecule has 0 atom stereocenters. The highest BCUT2D eigenvalue weighted by atomic mass is 16.9. The average Bonchev–Trinajstić information content (AvgIpc) is 2.91. The van der Waals surface area contributed by atoms with Crippen molar-refractivity contribution in [1.29, 1.82) is 0 Å². The minimum Gasteiger partial charge on any atom is -0.494 e. The SMILES string of the molecule is Nc1ccc(OCCCCCC(Oc2ccc(N)cc2)(Oc2ccc(N)cc2)Oc2ccc(N)cc2)cc1. The Balaban J connectivity index is 1.50. The number of nitrogen functional groups attached to an aromatic ring is 4. The Hall–Kier alpha value is -4.72. The van der Waals surface area contributed by atoms with Crippen molar-refractivity contribution in [2.45, 2.75) is 31.7 Å². The fraction of sp³-hybridized carbons (Fsp3) is 0.200. The van der Waals surface area contributed by atoms with Crippen LogP contribution in [0.15, 0.2) is 97.1 Å². The molecule has 0 heterocycles. The maximum Gasteiger partial charge on any atom is 0.417 e. The van der Waals surface area contributed by atoms with Gasteiger partial charge in [-0.2, -0.15) is 0 Å². The predicted octanol–water partition coefficient (Wildman–Crippen LogP) is 5.85. The van der Waals surface area contributed by atoms with E-state index in [9.17, 15) is 0 Å². The van der Waals surface area contributed by atoms with Gasteiger partial charge in [0, 0.05) is 22.7 Å². The van der Waals surface area contributed by atoms with Crippen molar-refractivity contribution >= 4 is 22.7 Å². The largest absolute Gasteiger partial charge is 0.494 e. The topological polar surface area (TPSA) is 141 Å². The van der Waals surface area contributed by atoms with Gasteiger partial charge in [-0.25, -0.2) is 0 Å². The van der Waals surface area contributed by atoms with Gasteiger partial charge >= 0.3 is 5.97 Å². The Morgan fingerprint density at radius 1 is 0.421 bits per heavy atom. The maximum absolute atomic E-state index is 6.41. The van der Waals surface area contributed by atoms with Crippen LogP contribution in [0.3, 0.4) is 0 Å². The summed E-state index contributed by atoms with van der Waals surface area (Å²) >= 11 is 0. The van der Waals surface area contributed by atoms with Gasteiger partial charge < -0.3 is 41.9 Å². The van der Waals surface area contributed by atoms with Crippen LogP contribution in [0, 0.1) is 0 Å². The van der Waals surface area contributed by atoms with E-state index < -0.39 is 5.97 Å². The summed E-state index contributed by atoms with van der Waals surface area (Å²) in [5, 5.41) is 0. The first-order valence-electron chi connectivity index (χ1n) is 12.5. The van der Waals surface area contributed by atoms with Crippen LogP contribution >= 0.6 is 0 Å². The zero-order valence-electron chi connectivity index (χ0n) is 21.2. The quantitative estimate of drug-likeness (QED) is 0.0990. The molecule has 0 amide bonds. The van der Waals surface area contributed by atoms with Gasteiger partial charge in [0.15, 0.2) is 0 Å². The van der Waals surface area contributed by atoms with Crippen LogP contribution in [-0.2, 0) is 0 Å². The lowest BCUT2D eigenvalue weighted by molar-refractivity contribution is -0.257. The highest BCUT2D eigenvalue weighted by Crippen LogP contribution is 2.32. The van der Waals surface area contributed by atoms with Crippen molar-refractivity contribution in [2.75, 3.05) is 29.5 Å². The van der Waals surface area contributed by atoms with Crippen molar-refractivity contribution in [3.05, 3.63) is 97.1 Å². The standard InChI is InChI=1S/C30H34N4O4/c31-22-4-12-26(13-5-22)35-21-3-1-2-20-30(36-27-14-6-23(32)7-15-27,37-28-16-8-24(33)9-17-28)38-29-18-10-25(34)11-19-29/h4-19H,1-3,20-21,31-34H2. The van der Waals surface area contributed by atoms with Crippen LogP contribution in [0.5, 0.6) is 23.0 Å². The Morgan fingerprint density at radius 3 is 1.13 bits per heavy atom. The van der Waals surface area contributed by atoms with Crippen LogP contribution in [0.1, 0.15) is 25.7 Å². The van der Waals surface area contributed by atoms with Gasteiger partial charge in [-0.1, -0.05) is 0 Å². The molecule has 0 unspecified atom stereocenters. The molecule has 4 aromatic carbocycles. The van der Waals surface area contributed by atoms with E-state index >= 15 is 0 Å². The van der Waals surface area contributed by atoms with Crippen molar-refractivity contribution in [2.24, 2.45) is 0 Å². The Morgan fingerprint density at radius 2 is 0.763 bits per heavy atom. The van der Waals surface area contributed by atoms with E-state index in [4.69, 9.17) is 41.9 Å². The van der Waals surface area contributed by atoms with Gasteiger partial charge in [0.2, 0.25) is 0 Å². The minimum absolute atomic E-state index is 0.425. The molecule has 0 spiro atoms. The van der Waals surface area contributed by atoms with E-state index in [0.717, 1.165) is 25.0 Å². The summed E-state index contributed by atoms with van der Waals surface area (Å²) in [6.45, 7) is 0.577. The lowest BCUT2D eigenvalue weighted by Crippen LogP contribution is -2.48. The summed E-state index contributed by atoms with van der Waals surface area (Å²) in [5.41, 5.74) is 26.0. The highest BCUT2D eigenvalue weighted by molar-refractivity contribution is 5.44. The van der Waals surface area contributed by atoms with E-state index in [2.05, 4.69) is 0 Å². The smallest absolute Gasteiger partial charge is 0.417 e. The third-order valence-corrected chi connectivity index (χ3v) is 5.74. The number of rotatable bonds is 13. The minimum atomic E-state index is -1.47. The number of unbranched alkanes of at least 4 members (excludes halogenated alkanes) is 2. The van der Waals surface area contributed by atoms with Gasteiger partial charge in [-0.05, 0) is 116 Å². The molecular weight excluding hydrogens is 480 g/mol. The van der Waals surface area contributed by atoms with Crippen LogP contribution in [-0.4, -0.2) is 12.6 Å². The summed E-state index contributed by atoms with van der Waals surface area (Å²) in [4.78, 5) is 0. The molecule has 0 bridgehead atoms. The molecule has 0 aliphatic carbocycles. The van der Waals surface area contributed by atoms with Crippen molar-refractivity contribution < 1.29 is 18.9 Å². The molecule has 0 fully saturated rings. The van der Waals surface area contributed by atoms with Crippen LogP contribution in [0.4, 0.5) is 22.7 Å². The Bertz CT molecular complexity index is 1150. The van der Waals surface area contributed by atoms with E-state index in [1.54, 1.807) is 72.8 Å². The van der Waals surface area contributed by atoms with Crippen molar-refractivity contribution in [1.82, 2.24) is 0 Å². The predicted molar refractivity (Wildman–Crippen MR) is 152 cm³/mol. The van der Waals surface area contributed by atoms with Crippen LogP contribution in [0.2, 0.25) is 0 Å². The molecule has 8 N–H and O–H groups in total. The molecule has 0 aliphatic heterocycles. The summed E-state index contributed by atoms with van der Waals surface area (Å²) in [6.07, 6.45) is 2.86. The first kappa shape index (κ1) is 26.3. The van der Waals surface area contributed by atoms with Crippen LogP contribution in [0.25, 0.3) is 0 Å².